The molecule has 0 aromatic heterocycles. The van der Waals surface area contributed by atoms with E-state index in [2.05, 4.69) is 15.6 Å². The number of carbonyl (C=O) groups excluding carboxylic acids is 1. The van der Waals surface area contributed by atoms with Crippen LogP contribution in [-0.2, 0) is 4.79 Å². The molecule has 3 N–H and O–H groups in total. The lowest BCUT2D eigenvalue weighted by molar-refractivity contribution is -0.138. The van der Waals surface area contributed by atoms with Gasteiger partial charge in [0.1, 0.15) is 0 Å². The lowest BCUT2D eigenvalue weighted by atomic mass is 9.84. The Bertz CT molecular complexity index is 425. The van der Waals surface area contributed by atoms with Crippen LogP contribution < -0.4 is 10.6 Å². The van der Waals surface area contributed by atoms with Crippen molar-refractivity contribution < 1.29 is 9.90 Å². The van der Waals surface area contributed by atoms with Gasteiger partial charge in [-0.25, -0.2) is 0 Å². The Labute approximate surface area is 147 Å². The first-order valence-corrected chi connectivity index (χ1v) is 9.29. The molecular weight excluding hydrogens is 304 g/mol. The zero-order valence-electron chi connectivity index (χ0n) is 16.1. The number of nitrogens with zero attached hydrogens (tertiary/aromatic N) is 2. The molecule has 1 amide bonds. The molecule has 0 saturated heterocycles. The number of carbonyl (C=O) groups is 1. The monoisotopic (exact) mass is 340 g/mol. The van der Waals surface area contributed by atoms with Crippen LogP contribution in [0, 0.1) is 5.41 Å². The summed E-state index contributed by atoms with van der Waals surface area (Å²) in [5.74, 6) is 0.873. The van der Waals surface area contributed by atoms with E-state index >= 15 is 0 Å². The minimum absolute atomic E-state index is 0.196. The summed E-state index contributed by atoms with van der Waals surface area (Å²) in [6.07, 6.45) is 5.39. The van der Waals surface area contributed by atoms with Gasteiger partial charge in [0.15, 0.2) is 5.96 Å². The summed E-state index contributed by atoms with van der Waals surface area (Å²) in [5, 5.41) is 17.0. The Morgan fingerprint density at radius 1 is 1.17 bits per heavy atom. The Morgan fingerprint density at radius 2 is 1.75 bits per heavy atom. The summed E-state index contributed by atoms with van der Waals surface area (Å²) < 4.78 is 0. The van der Waals surface area contributed by atoms with Gasteiger partial charge in [-0.3, -0.25) is 9.79 Å². The van der Waals surface area contributed by atoms with Crippen LogP contribution in [0.2, 0.25) is 0 Å². The fourth-order valence-corrected chi connectivity index (χ4v) is 3.29. The topological polar surface area (TPSA) is 77.0 Å². The van der Waals surface area contributed by atoms with Crippen LogP contribution in [0.4, 0.5) is 0 Å². The van der Waals surface area contributed by atoms with Gasteiger partial charge < -0.3 is 20.6 Å². The SMILES string of the molecule is CCNC(=NCC(O)(CC)CC)NCC1(C(=O)N(C)C)CCCC1. The van der Waals surface area contributed by atoms with Crippen molar-refractivity contribution in [2.75, 3.05) is 33.7 Å². The summed E-state index contributed by atoms with van der Waals surface area (Å²) in [7, 11) is 3.65. The van der Waals surface area contributed by atoms with E-state index in [9.17, 15) is 9.90 Å². The third kappa shape index (κ3) is 5.36. The molecule has 0 aromatic rings. The first-order valence-electron chi connectivity index (χ1n) is 9.29. The van der Waals surface area contributed by atoms with Crippen molar-refractivity contribution in [1.29, 1.82) is 0 Å². The standard InChI is InChI=1S/C18H36N4O2/c1-6-18(24,7-2)14-21-16(19-8-3)20-13-17(11-9-10-12-17)15(23)22(4)5/h24H,6-14H2,1-5H3,(H2,19,20,21). The van der Waals surface area contributed by atoms with Gasteiger partial charge in [-0.1, -0.05) is 26.7 Å². The highest BCUT2D eigenvalue weighted by Crippen LogP contribution is 2.38. The highest BCUT2D eigenvalue weighted by Gasteiger charge is 2.42. The van der Waals surface area contributed by atoms with E-state index in [1.165, 1.54) is 0 Å². The number of rotatable bonds is 8. The van der Waals surface area contributed by atoms with Crippen LogP contribution in [0.1, 0.15) is 59.3 Å². The zero-order chi connectivity index (χ0) is 18.2. The second kappa shape index (κ2) is 9.25. The molecule has 6 nitrogen and oxygen atoms in total. The van der Waals surface area contributed by atoms with Crippen molar-refractivity contribution in [3.8, 4) is 0 Å². The van der Waals surface area contributed by atoms with E-state index in [1.807, 2.05) is 34.9 Å². The first kappa shape index (κ1) is 20.7. The van der Waals surface area contributed by atoms with Gasteiger partial charge in [0.05, 0.1) is 17.6 Å². The summed E-state index contributed by atoms with van der Waals surface area (Å²) in [6, 6.07) is 0. The minimum Gasteiger partial charge on any atom is -0.388 e. The molecular formula is C18H36N4O2. The van der Waals surface area contributed by atoms with Gasteiger partial charge in [0.25, 0.3) is 0 Å². The maximum atomic E-state index is 12.6. The number of hydrogen-bond acceptors (Lipinski definition) is 3. The maximum Gasteiger partial charge on any atom is 0.230 e. The molecule has 1 saturated carbocycles. The normalized spacial score (nSPS) is 17.7. The van der Waals surface area contributed by atoms with Crippen molar-refractivity contribution in [3.05, 3.63) is 0 Å². The Morgan fingerprint density at radius 3 is 2.21 bits per heavy atom. The van der Waals surface area contributed by atoms with Gasteiger partial charge in [-0.15, -0.1) is 0 Å². The second-order valence-corrected chi connectivity index (χ2v) is 7.17. The molecule has 6 heteroatoms. The molecule has 1 fully saturated rings. The summed E-state index contributed by atoms with van der Waals surface area (Å²) >= 11 is 0. The van der Waals surface area contributed by atoms with Gasteiger partial charge in [-0.2, -0.15) is 0 Å². The second-order valence-electron chi connectivity index (χ2n) is 7.17. The van der Waals surface area contributed by atoms with Crippen LogP contribution >= 0.6 is 0 Å². The van der Waals surface area contributed by atoms with Crippen LogP contribution in [0.3, 0.4) is 0 Å². The van der Waals surface area contributed by atoms with E-state index < -0.39 is 5.60 Å². The van der Waals surface area contributed by atoms with Gasteiger partial charge >= 0.3 is 0 Å². The Hall–Kier alpha value is -1.30. The summed E-state index contributed by atoms with van der Waals surface area (Å²) in [6.45, 7) is 7.66. The van der Waals surface area contributed by atoms with Crippen molar-refractivity contribution in [2.24, 2.45) is 10.4 Å². The quantitative estimate of drug-likeness (QED) is 0.465. The van der Waals surface area contributed by atoms with Crippen molar-refractivity contribution >= 4 is 11.9 Å². The van der Waals surface area contributed by atoms with Gasteiger partial charge in [0, 0.05) is 27.2 Å². The van der Waals surface area contributed by atoms with E-state index in [4.69, 9.17) is 0 Å². The zero-order valence-corrected chi connectivity index (χ0v) is 16.1. The van der Waals surface area contributed by atoms with Crippen LogP contribution in [0.15, 0.2) is 4.99 Å². The largest absolute Gasteiger partial charge is 0.388 e. The summed E-state index contributed by atoms with van der Waals surface area (Å²) in [5.41, 5.74) is -1.08. The lowest BCUT2D eigenvalue weighted by Gasteiger charge is -2.31. The Balaban J connectivity index is 2.78. The average Bonchev–Trinajstić information content (AvgIpc) is 3.06. The molecule has 0 aromatic carbocycles. The predicted octanol–water partition coefficient (Wildman–Crippen LogP) is 1.74. The molecule has 24 heavy (non-hydrogen) atoms. The molecule has 0 radical (unpaired) electrons. The molecule has 140 valence electrons. The molecule has 0 spiro atoms. The van der Waals surface area contributed by atoms with E-state index in [0.717, 1.165) is 32.2 Å². The fourth-order valence-electron chi connectivity index (χ4n) is 3.29. The Kier molecular flexibility index (Phi) is 8.00. The van der Waals surface area contributed by atoms with E-state index in [1.54, 1.807) is 4.90 Å². The minimum atomic E-state index is -0.757. The van der Waals surface area contributed by atoms with Gasteiger partial charge in [0.2, 0.25) is 5.91 Å². The van der Waals surface area contributed by atoms with Crippen molar-refractivity contribution in [1.82, 2.24) is 15.5 Å². The summed E-state index contributed by atoms with van der Waals surface area (Å²) in [4.78, 5) is 18.9. The number of aliphatic imine (C=N–C) groups is 1. The maximum absolute atomic E-state index is 12.6. The highest BCUT2D eigenvalue weighted by molar-refractivity contribution is 5.85. The molecule has 1 aliphatic carbocycles. The van der Waals surface area contributed by atoms with Crippen LogP contribution in [0.25, 0.3) is 0 Å². The fraction of sp³-hybridized carbons (Fsp3) is 0.889. The number of nitrogens with one attached hydrogen (secondary N) is 2. The number of aliphatic hydroxyl groups is 1. The number of guanidine groups is 1. The van der Waals surface area contributed by atoms with Crippen molar-refractivity contribution in [2.45, 2.75) is 64.9 Å². The lowest BCUT2D eigenvalue weighted by Crippen LogP contribution is -2.49. The molecule has 0 atom stereocenters. The number of hydrogen-bond donors (Lipinski definition) is 3. The molecule has 0 bridgehead atoms. The first-order chi connectivity index (χ1) is 11.3. The smallest absolute Gasteiger partial charge is 0.230 e. The molecule has 1 rings (SSSR count). The van der Waals surface area contributed by atoms with Crippen LogP contribution in [-0.4, -0.2) is 61.2 Å². The van der Waals surface area contributed by atoms with Gasteiger partial charge in [-0.05, 0) is 32.6 Å². The third-order valence-electron chi connectivity index (χ3n) is 5.21. The van der Waals surface area contributed by atoms with Crippen molar-refractivity contribution in [3.63, 3.8) is 0 Å². The highest BCUT2D eigenvalue weighted by atomic mass is 16.3. The van der Waals surface area contributed by atoms with E-state index in [0.29, 0.717) is 31.9 Å². The predicted molar refractivity (Wildman–Crippen MR) is 99.1 cm³/mol. The third-order valence-corrected chi connectivity index (χ3v) is 5.21. The molecule has 0 heterocycles. The van der Waals surface area contributed by atoms with Crippen LogP contribution in [0.5, 0.6) is 0 Å². The molecule has 1 aliphatic rings. The molecule has 0 aliphatic heterocycles. The van der Waals surface area contributed by atoms with E-state index in [-0.39, 0.29) is 11.3 Å². The molecule has 0 unspecified atom stereocenters. The number of amides is 1. The average molecular weight is 341 g/mol.